The molecule has 0 saturated carbocycles. The standard InChI is InChI=1S/C24H25N5/c1-16-10-12-18(13-11-16)15-22-27-24-26-21-9-4-3-8-20(21)23(29(24)28-22)25-19-7-5-6-17(2)14-19/h5-7,10-14,25H,3-4,8-9,15H2,1-2H3. The molecular weight excluding hydrogens is 358 g/mol. The summed E-state index contributed by atoms with van der Waals surface area (Å²) in [7, 11) is 0. The van der Waals surface area contributed by atoms with Crippen molar-refractivity contribution in [3.63, 3.8) is 0 Å². The minimum atomic E-state index is 0.683. The van der Waals surface area contributed by atoms with Gasteiger partial charge in [-0.15, -0.1) is 5.10 Å². The van der Waals surface area contributed by atoms with Crippen LogP contribution in [-0.2, 0) is 19.3 Å². The van der Waals surface area contributed by atoms with Gasteiger partial charge in [0.2, 0.25) is 0 Å². The largest absolute Gasteiger partial charge is 0.340 e. The van der Waals surface area contributed by atoms with E-state index in [0.717, 1.165) is 35.9 Å². The Morgan fingerprint density at radius 1 is 0.931 bits per heavy atom. The van der Waals surface area contributed by atoms with Gasteiger partial charge in [0.05, 0.1) is 5.69 Å². The molecule has 0 amide bonds. The monoisotopic (exact) mass is 383 g/mol. The number of hydrogen-bond acceptors (Lipinski definition) is 4. The summed E-state index contributed by atoms with van der Waals surface area (Å²) in [5, 5.41) is 8.46. The van der Waals surface area contributed by atoms with Crippen molar-refractivity contribution in [3.8, 4) is 0 Å². The summed E-state index contributed by atoms with van der Waals surface area (Å²) in [5.74, 6) is 2.50. The van der Waals surface area contributed by atoms with E-state index in [0.29, 0.717) is 12.2 Å². The van der Waals surface area contributed by atoms with Crippen molar-refractivity contribution in [2.45, 2.75) is 46.0 Å². The summed E-state index contributed by atoms with van der Waals surface area (Å²) in [6, 6.07) is 17.0. The summed E-state index contributed by atoms with van der Waals surface area (Å²) in [6.07, 6.45) is 5.12. The van der Waals surface area contributed by atoms with Crippen molar-refractivity contribution >= 4 is 17.3 Å². The fourth-order valence-electron chi connectivity index (χ4n) is 4.04. The van der Waals surface area contributed by atoms with Gasteiger partial charge in [-0.3, -0.25) is 0 Å². The molecule has 1 N–H and O–H groups in total. The molecule has 1 aliphatic rings. The van der Waals surface area contributed by atoms with Crippen LogP contribution in [0.25, 0.3) is 5.78 Å². The summed E-state index contributed by atoms with van der Waals surface area (Å²) < 4.78 is 1.90. The van der Waals surface area contributed by atoms with Gasteiger partial charge in [-0.1, -0.05) is 42.0 Å². The average molecular weight is 383 g/mol. The second-order valence-corrected chi connectivity index (χ2v) is 7.99. The first-order chi connectivity index (χ1) is 14.2. The molecule has 2 aromatic carbocycles. The second-order valence-electron chi connectivity index (χ2n) is 7.99. The highest BCUT2D eigenvalue weighted by Gasteiger charge is 2.21. The minimum Gasteiger partial charge on any atom is -0.340 e. The number of nitrogens with zero attached hydrogens (tertiary/aromatic N) is 4. The van der Waals surface area contributed by atoms with Gasteiger partial charge in [0.25, 0.3) is 5.78 Å². The zero-order valence-electron chi connectivity index (χ0n) is 16.9. The fourth-order valence-corrected chi connectivity index (χ4v) is 4.04. The molecule has 4 aromatic rings. The molecule has 5 heteroatoms. The second kappa shape index (κ2) is 7.32. The lowest BCUT2D eigenvalue weighted by atomic mass is 9.96. The van der Waals surface area contributed by atoms with Crippen molar-refractivity contribution in [1.82, 2.24) is 19.6 Å². The molecule has 0 aliphatic heterocycles. The third-order valence-corrected chi connectivity index (χ3v) is 5.57. The van der Waals surface area contributed by atoms with Crippen molar-refractivity contribution < 1.29 is 0 Å². The maximum Gasteiger partial charge on any atom is 0.254 e. The highest BCUT2D eigenvalue weighted by Crippen LogP contribution is 2.30. The smallest absolute Gasteiger partial charge is 0.254 e. The lowest BCUT2D eigenvalue weighted by Gasteiger charge is -2.20. The molecule has 0 spiro atoms. The normalized spacial score (nSPS) is 13.4. The predicted molar refractivity (Wildman–Crippen MR) is 116 cm³/mol. The molecule has 5 nitrogen and oxygen atoms in total. The van der Waals surface area contributed by atoms with Crippen LogP contribution in [0.1, 0.15) is 46.6 Å². The van der Waals surface area contributed by atoms with Gasteiger partial charge in [-0.25, -0.2) is 4.98 Å². The molecule has 0 saturated heterocycles. The molecule has 0 atom stereocenters. The Morgan fingerprint density at radius 2 is 1.76 bits per heavy atom. The Balaban J connectivity index is 1.59. The van der Waals surface area contributed by atoms with E-state index in [1.165, 1.54) is 35.1 Å². The zero-order valence-corrected chi connectivity index (χ0v) is 16.9. The van der Waals surface area contributed by atoms with Gasteiger partial charge in [0, 0.05) is 17.7 Å². The van der Waals surface area contributed by atoms with Crippen molar-refractivity contribution in [2.75, 3.05) is 5.32 Å². The Kier molecular flexibility index (Phi) is 4.51. The van der Waals surface area contributed by atoms with Crippen LogP contribution in [0.4, 0.5) is 11.5 Å². The maximum atomic E-state index is 4.86. The Bertz CT molecular complexity index is 1170. The first-order valence-electron chi connectivity index (χ1n) is 10.3. The lowest BCUT2D eigenvalue weighted by molar-refractivity contribution is 0.662. The molecule has 146 valence electrons. The Morgan fingerprint density at radius 3 is 2.59 bits per heavy atom. The van der Waals surface area contributed by atoms with E-state index >= 15 is 0 Å². The van der Waals surface area contributed by atoms with Gasteiger partial charge >= 0.3 is 0 Å². The molecule has 0 radical (unpaired) electrons. The van der Waals surface area contributed by atoms with Crippen LogP contribution >= 0.6 is 0 Å². The number of rotatable bonds is 4. The van der Waals surface area contributed by atoms with E-state index in [1.807, 2.05) is 4.52 Å². The molecule has 29 heavy (non-hydrogen) atoms. The van der Waals surface area contributed by atoms with Crippen LogP contribution in [0, 0.1) is 13.8 Å². The molecule has 0 fully saturated rings. The van der Waals surface area contributed by atoms with E-state index in [2.05, 4.69) is 67.7 Å². The van der Waals surface area contributed by atoms with E-state index in [9.17, 15) is 0 Å². The third-order valence-electron chi connectivity index (χ3n) is 5.57. The highest BCUT2D eigenvalue weighted by atomic mass is 15.4. The first kappa shape index (κ1) is 17.9. The van der Waals surface area contributed by atoms with E-state index in [-0.39, 0.29) is 0 Å². The van der Waals surface area contributed by atoms with Gasteiger partial charge in [0.15, 0.2) is 5.82 Å². The highest BCUT2D eigenvalue weighted by molar-refractivity contribution is 5.64. The quantitative estimate of drug-likeness (QED) is 0.541. The Labute approximate surface area is 170 Å². The number of aromatic nitrogens is 4. The third kappa shape index (κ3) is 3.60. The van der Waals surface area contributed by atoms with Crippen molar-refractivity contribution in [1.29, 1.82) is 0 Å². The summed E-state index contributed by atoms with van der Waals surface area (Å²) >= 11 is 0. The number of anilines is 2. The lowest BCUT2D eigenvalue weighted by Crippen LogP contribution is -2.13. The molecule has 0 unspecified atom stereocenters. The number of benzene rings is 2. The van der Waals surface area contributed by atoms with Crippen LogP contribution in [0.3, 0.4) is 0 Å². The van der Waals surface area contributed by atoms with Gasteiger partial charge < -0.3 is 5.32 Å². The molecule has 2 aromatic heterocycles. The Hall–Kier alpha value is -3.21. The van der Waals surface area contributed by atoms with E-state index in [1.54, 1.807) is 0 Å². The van der Waals surface area contributed by atoms with E-state index in [4.69, 9.17) is 15.1 Å². The van der Waals surface area contributed by atoms with Crippen LogP contribution in [0.5, 0.6) is 0 Å². The van der Waals surface area contributed by atoms with Crippen LogP contribution in [0.15, 0.2) is 48.5 Å². The maximum absolute atomic E-state index is 4.86. The molecule has 5 rings (SSSR count). The first-order valence-corrected chi connectivity index (χ1v) is 10.3. The topological polar surface area (TPSA) is 55.1 Å². The SMILES string of the molecule is Cc1ccc(Cc2nc3nc4c(c(Nc5cccc(C)c5)n3n2)CCCC4)cc1. The van der Waals surface area contributed by atoms with Gasteiger partial charge in [-0.2, -0.15) is 9.50 Å². The number of aryl methyl sites for hydroxylation is 3. The van der Waals surface area contributed by atoms with Crippen LogP contribution in [0.2, 0.25) is 0 Å². The van der Waals surface area contributed by atoms with E-state index < -0.39 is 0 Å². The summed E-state index contributed by atoms with van der Waals surface area (Å²) in [4.78, 5) is 9.62. The molecule has 2 heterocycles. The molecule has 1 aliphatic carbocycles. The summed E-state index contributed by atoms with van der Waals surface area (Å²) in [5.41, 5.74) is 7.21. The molecular formula is C24H25N5. The number of hydrogen-bond donors (Lipinski definition) is 1. The van der Waals surface area contributed by atoms with Gasteiger partial charge in [-0.05, 0) is 62.8 Å². The summed E-state index contributed by atoms with van der Waals surface area (Å²) in [6.45, 7) is 4.21. The average Bonchev–Trinajstić information content (AvgIpc) is 3.12. The fraction of sp³-hybridized carbons (Fsp3) is 0.292. The predicted octanol–water partition coefficient (Wildman–Crippen LogP) is 4.95. The molecule has 0 bridgehead atoms. The number of nitrogens with one attached hydrogen (secondary N) is 1. The van der Waals surface area contributed by atoms with Crippen LogP contribution in [-0.4, -0.2) is 19.6 Å². The zero-order chi connectivity index (χ0) is 19.8. The van der Waals surface area contributed by atoms with Crippen LogP contribution < -0.4 is 5.32 Å². The number of fused-ring (bicyclic) bond motifs is 2. The van der Waals surface area contributed by atoms with Gasteiger partial charge in [0.1, 0.15) is 5.82 Å². The minimum absolute atomic E-state index is 0.683. The van der Waals surface area contributed by atoms with Crippen molar-refractivity contribution in [3.05, 3.63) is 82.3 Å². The van der Waals surface area contributed by atoms with Crippen molar-refractivity contribution in [2.24, 2.45) is 0 Å².